The van der Waals surface area contributed by atoms with E-state index in [9.17, 15) is 5.26 Å². The highest BCUT2D eigenvalue weighted by atomic mass is 28.3. The summed E-state index contributed by atoms with van der Waals surface area (Å²) in [7, 11) is -1.10. The molecule has 1 aliphatic heterocycles. The molecule has 31 heavy (non-hydrogen) atoms. The number of ether oxygens (including phenoxy) is 1. The molecule has 0 bridgehead atoms. The smallest absolute Gasteiger partial charge is 0.145 e. The molecule has 0 aromatic carbocycles. The van der Waals surface area contributed by atoms with Crippen LogP contribution in [0.5, 0.6) is 0 Å². The highest BCUT2D eigenvalue weighted by Crippen LogP contribution is 2.30. The Morgan fingerprint density at radius 2 is 2.23 bits per heavy atom. The van der Waals surface area contributed by atoms with Crippen molar-refractivity contribution in [1.82, 2.24) is 29.6 Å². The third-order valence-electron chi connectivity index (χ3n) is 5.94. The molecule has 1 N–H and O–H groups in total. The van der Waals surface area contributed by atoms with Gasteiger partial charge < -0.3 is 14.6 Å². The SMILES string of the molecule is C[Si](C)(C)CCOCn1ccc2c(-c3cnn(C(CC#N)[C@H]4CCNC4)c3)ncnc21. The lowest BCUT2D eigenvalue weighted by Crippen LogP contribution is -2.22. The monoisotopic (exact) mass is 437 g/mol. The number of hydrogen-bond acceptors (Lipinski definition) is 6. The summed E-state index contributed by atoms with van der Waals surface area (Å²) in [6.07, 6.45) is 8.99. The molecule has 0 amide bonds. The minimum atomic E-state index is -1.10. The highest BCUT2D eigenvalue weighted by Gasteiger charge is 2.27. The largest absolute Gasteiger partial charge is 0.361 e. The molecule has 8 nitrogen and oxygen atoms in total. The molecule has 3 aromatic heterocycles. The first-order valence-corrected chi connectivity index (χ1v) is 14.7. The summed E-state index contributed by atoms with van der Waals surface area (Å²) < 4.78 is 9.88. The van der Waals surface area contributed by atoms with Crippen LogP contribution in [-0.4, -0.2) is 52.1 Å². The van der Waals surface area contributed by atoms with Crippen molar-refractivity contribution in [2.45, 2.75) is 51.3 Å². The molecule has 0 saturated carbocycles. The summed E-state index contributed by atoms with van der Waals surface area (Å²) in [4.78, 5) is 9.04. The minimum Gasteiger partial charge on any atom is -0.361 e. The Morgan fingerprint density at radius 3 is 2.97 bits per heavy atom. The van der Waals surface area contributed by atoms with E-state index < -0.39 is 8.07 Å². The Labute approximate surface area is 184 Å². The van der Waals surface area contributed by atoms with Gasteiger partial charge in [0.1, 0.15) is 18.7 Å². The molecule has 1 saturated heterocycles. The van der Waals surface area contributed by atoms with Crippen LogP contribution in [0, 0.1) is 17.2 Å². The van der Waals surface area contributed by atoms with Crippen LogP contribution in [0.15, 0.2) is 31.0 Å². The van der Waals surface area contributed by atoms with Crippen LogP contribution < -0.4 is 5.32 Å². The van der Waals surface area contributed by atoms with Crippen molar-refractivity contribution >= 4 is 19.1 Å². The number of nitrogens with zero attached hydrogens (tertiary/aromatic N) is 6. The van der Waals surface area contributed by atoms with E-state index in [0.29, 0.717) is 19.1 Å². The topological polar surface area (TPSA) is 93.6 Å². The van der Waals surface area contributed by atoms with Gasteiger partial charge in [0.2, 0.25) is 0 Å². The Hall–Kier alpha value is -2.54. The van der Waals surface area contributed by atoms with E-state index >= 15 is 0 Å². The Kier molecular flexibility index (Phi) is 6.50. The van der Waals surface area contributed by atoms with Crippen LogP contribution in [0.4, 0.5) is 0 Å². The normalized spacial score (nSPS) is 17.8. The average molecular weight is 438 g/mol. The molecule has 2 atom stereocenters. The fraction of sp³-hybridized carbons (Fsp3) is 0.545. The van der Waals surface area contributed by atoms with Gasteiger partial charge in [0.15, 0.2) is 0 Å². The summed E-state index contributed by atoms with van der Waals surface area (Å²) >= 11 is 0. The van der Waals surface area contributed by atoms with Crippen molar-refractivity contribution < 1.29 is 4.74 Å². The van der Waals surface area contributed by atoms with E-state index in [0.717, 1.165) is 54.5 Å². The van der Waals surface area contributed by atoms with Gasteiger partial charge in [-0.25, -0.2) is 9.97 Å². The molecule has 1 aliphatic rings. The van der Waals surface area contributed by atoms with Crippen molar-refractivity contribution in [2.75, 3.05) is 19.7 Å². The van der Waals surface area contributed by atoms with Crippen molar-refractivity contribution in [3.8, 4) is 17.3 Å². The maximum absolute atomic E-state index is 9.31. The lowest BCUT2D eigenvalue weighted by Gasteiger charge is -2.20. The van der Waals surface area contributed by atoms with Gasteiger partial charge in [-0.3, -0.25) is 4.68 Å². The van der Waals surface area contributed by atoms with Crippen LogP contribution in [0.3, 0.4) is 0 Å². The third kappa shape index (κ3) is 5.03. The zero-order chi connectivity index (χ0) is 21.8. The van der Waals surface area contributed by atoms with Gasteiger partial charge in [-0.2, -0.15) is 10.4 Å². The first kappa shape index (κ1) is 21.7. The summed E-state index contributed by atoms with van der Waals surface area (Å²) in [6.45, 7) is 10.3. The van der Waals surface area contributed by atoms with Gasteiger partial charge >= 0.3 is 0 Å². The summed E-state index contributed by atoms with van der Waals surface area (Å²) in [5.74, 6) is 0.423. The van der Waals surface area contributed by atoms with E-state index in [1.54, 1.807) is 6.33 Å². The molecular weight excluding hydrogens is 406 g/mol. The number of hydrogen-bond donors (Lipinski definition) is 1. The zero-order valence-corrected chi connectivity index (χ0v) is 19.6. The summed E-state index contributed by atoms with van der Waals surface area (Å²) in [5.41, 5.74) is 2.66. The number of nitrogens with one attached hydrogen (secondary N) is 1. The predicted octanol–water partition coefficient (Wildman–Crippen LogP) is 3.67. The van der Waals surface area contributed by atoms with Crippen molar-refractivity contribution in [1.29, 1.82) is 5.26 Å². The van der Waals surface area contributed by atoms with Gasteiger partial charge in [0.05, 0.1) is 30.4 Å². The van der Waals surface area contributed by atoms with Gasteiger partial charge in [-0.05, 0) is 31.0 Å². The van der Waals surface area contributed by atoms with Crippen molar-refractivity contribution in [2.24, 2.45) is 5.92 Å². The Balaban J connectivity index is 1.54. The first-order chi connectivity index (χ1) is 15.0. The number of nitriles is 1. The van der Waals surface area contributed by atoms with E-state index in [1.807, 2.05) is 33.9 Å². The van der Waals surface area contributed by atoms with Gasteiger partial charge in [0.25, 0.3) is 0 Å². The van der Waals surface area contributed by atoms with Crippen LogP contribution in [0.1, 0.15) is 18.9 Å². The van der Waals surface area contributed by atoms with E-state index in [2.05, 4.69) is 46.1 Å². The standard InChI is InChI=1S/C22H31N7OSi/c1-31(2,3)11-10-30-16-28-9-6-19-21(25-15-26-22(19)28)18-13-27-29(14-18)20(4-7-23)17-5-8-24-12-17/h6,9,13-15,17,20,24H,4-5,8,10-12,16H2,1-3H3/t17-,20?/m0/s1. The number of fused-ring (bicyclic) bond motifs is 1. The fourth-order valence-corrected chi connectivity index (χ4v) is 4.85. The molecule has 4 heterocycles. The quantitative estimate of drug-likeness (QED) is 0.405. The lowest BCUT2D eigenvalue weighted by atomic mass is 9.97. The Bertz CT molecular complexity index is 1060. The predicted molar refractivity (Wildman–Crippen MR) is 123 cm³/mol. The zero-order valence-electron chi connectivity index (χ0n) is 18.6. The first-order valence-electron chi connectivity index (χ1n) is 11.0. The van der Waals surface area contributed by atoms with Gasteiger partial charge in [-0.15, -0.1) is 0 Å². The van der Waals surface area contributed by atoms with Crippen molar-refractivity contribution in [3.05, 3.63) is 31.0 Å². The van der Waals surface area contributed by atoms with Crippen LogP contribution in [0.25, 0.3) is 22.3 Å². The highest BCUT2D eigenvalue weighted by molar-refractivity contribution is 6.76. The van der Waals surface area contributed by atoms with E-state index in [-0.39, 0.29) is 6.04 Å². The van der Waals surface area contributed by atoms with Crippen LogP contribution in [-0.2, 0) is 11.5 Å². The third-order valence-corrected chi connectivity index (χ3v) is 7.64. The van der Waals surface area contributed by atoms with E-state index in [4.69, 9.17) is 4.74 Å². The van der Waals surface area contributed by atoms with Gasteiger partial charge in [-0.1, -0.05) is 19.6 Å². The summed E-state index contributed by atoms with van der Waals surface area (Å²) in [5, 5.41) is 18.3. The molecule has 1 fully saturated rings. The maximum atomic E-state index is 9.31. The van der Waals surface area contributed by atoms with Gasteiger partial charge in [0, 0.05) is 44.6 Å². The molecule has 9 heteroatoms. The number of aromatic nitrogens is 5. The molecule has 4 rings (SSSR count). The van der Waals surface area contributed by atoms with Crippen molar-refractivity contribution in [3.63, 3.8) is 0 Å². The minimum absolute atomic E-state index is 0.0791. The molecule has 0 spiro atoms. The van der Waals surface area contributed by atoms with Crippen LogP contribution in [0.2, 0.25) is 25.7 Å². The molecular formula is C22H31N7OSi. The second-order valence-electron chi connectivity index (χ2n) is 9.48. The lowest BCUT2D eigenvalue weighted by molar-refractivity contribution is 0.0899. The summed E-state index contributed by atoms with van der Waals surface area (Å²) in [6, 6.07) is 5.59. The second kappa shape index (κ2) is 9.30. The Morgan fingerprint density at radius 1 is 1.35 bits per heavy atom. The molecule has 164 valence electrons. The molecule has 0 radical (unpaired) electrons. The van der Waals surface area contributed by atoms with E-state index in [1.165, 1.54) is 0 Å². The second-order valence-corrected chi connectivity index (χ2v) is 15.1. The average Bonchev–Trinajstić information content (AvgIpc) is 3.50. The molecule has 0 aliphatic carbocycles. The molecule has 1 unspecified atom stereocenters. The number of rotatable bonds is 9. The molecule has 3 aromatic rings. The maximum Gasteiger partial charge on any atom is 0.145 e. The fourth-order valence-electron chi connectivity index (χ4n) is 4.10. The van der Waals surface area contributed by atoms with Crippen LogP contribution >= 0.6 is 0 Å².